The minimum Gasteiger partial charge on any atom is -0.492 e. The molecule has 0 saturated carbocycles. The molecule has 2 aliphatic heterocycles. The van der Waals surface area contributed by atoms with Gasteiger partial charge in [-0.1, -0.05) is 38.0 Å². The Kier molecular flexibility index (Phi) is 7.78. The van der Waals surface area contributed by atoms with Gasteiger partial charge < -0.3 is 9.64 Å². The molecule has 0 radical (unpaired) electrons. The summed E-state index contributed by atoms with van der Waals surface area (Å²) in [5.74, 6) is 1.30. The largest absolute Gasteiger partial charge is 0.492 e. The van der Waals surface area contributed by atoms with Gasteiger partial charge in [-0.05, 0) is 62.1 Å². The van der Waals surface area contributed by atoms with Crippen molar-refractivity contribution in [1.82, 2.24) is 9.80 Å². The SMILES string of the molecule is CCCCN1CCOc2ccccc2CCCCC2(CCN(C(C)=O)CC2)C1. The minimum absolute atomic E-state index is 0.232. The molecule has 4 nitrogen and oxygen atoms in total. The molecule has 0 N–H and O–H groups in total. The van der Waals surface area contributed by atoms with E-state index in [2.05, 4.69) is 36.1 Å². The number of unbranched alkanes of at least 4 members (excludes halogenated alkanes) is 1. The molecule has 156 valence electrons. The predicted octanol–water partition coefficient (Wildman–Crippen LogP) is 4.52. The maximum absolute atomic E-state index is 11.8. The fraction of sp³-hybridized carbons (Fsp3) is 0.708. The lowest BCUT2D eigenvalue weighted by Gasteiger charge is -2.45. The van der Waals surface area contributed by atoms with E-state index in [9.17, 15) is 4.79 Å². The number of piperidine rings is 1. The van der Waals surface area contributed by atoms with Crippen LogP contribution in [0.15, 0.2) is 24.3 Å². The highest BCUT2D eigenvalue weighted by atomic mass is 16.5. The van der Waals surface area contributed by atoms with E-state index < -0.39 is 0 Å². The predicted molar refractivity (Wildman–Crippen MR) is 115 cm³/mol. The van der Waals surface area contributed by atoms with Gasteiger partial charge in [-0.15, -0.1) is 0 Å². The van der Waals surface area contributed by atoms with E-state index in [0.717, 1.165) is 64.3 Å². The van der Waals surface area contributed by atoms with Crippen LogP contribution in [-0.2, 0) is 11.2 Å². The Morgan fingerprint density at radius 3 is 2.64 bits per heavy atom. The van der Waals surface area contributed by atoms with E-state index in [-0.39, 0.29) is 5.91 Å². The Balaban J connectivity index is 1.72. The molecule has 1 amide bonds. The molecule has 0 bridgehead atoms. The Bertz CT molecular complexity index is 623. The monoisotopic (exact) mass is 386 g/mol. The fourth-order valence-electron chi connectivity index (χ4n) is 4.86. The first kappa shape index (κ1) is 21.2. The second-order valence-electron chi connectivity index (χ2n) is 8.80. The lowest BCUT2D eigenvalue weighted by atomic mass is 9.73. The number of nitrogens with zero attached hydrogens (tertiary/aromatic N) is 2. The van der Waals surface area contributed by atoms with E-state index in [0.29, 0.717) is 5.41 Å². The molecule has 28 heavy (non-hydrogen) atoms. The number of hydrogen-bond donors (Lipinski definition) is 0. The van der Waals surface area contributed by atoms with Gasteiger partial charge in [0.2, 0.25) is 5.91 Å². The van der Waals surface area contributed by atoms with Gasteiger partial charge in [0.25, 0.3) is 0 Å². The first-order chi connectivity index (χ1) is 13.6. The van der Waals surface area contributed by atoms with Gasteiger partial charge in [0.05, 0.1) is 0 Å². The van der Waals surface area contributed by atoms with Crippen LogP contribution in [0.25, 0.3) is 0 Å². The molecule has 0 atom stereocenters. The Hall–Kier alpha value is -1.55. The maximum Gasteiger partial charge on any atom is 0.219 e. The number of benzene rings is 1. The summed E-state index contributed by atoms with van der Waals surface area (Å²) in [7, 11) is 0. The molecule has 2 heterocycles. The molecule has 1 fully saturated rings. The van der Waals surface area contributed by atoms with Crippen LogP contribution in [0.1, 0.15) is 64.4 Å². The van der Waals surface area contributed by atoms with Crippen molar-refractivity contribution in [2.24, 2.45) is 5.41 Å². The second kappa shape index (κ2) is 10.3. The van der Waals surface area contributed by atoms with Gasteiger partial charge in [-0.3, -0.25) is 9.69 Å². The van der Waals surface area contributed by atoms with E-state index in [4.69, 9.17) is 4.74 Å². The number of ether oxygens (including phenoxy) is 1. The average molecular weight is 387 g/mol. The minimum atomic E-state index is 0.232. The Labute approximate surface area is 171 Å². The highest BCUT2D eigenvalue weighted by Crippen LogP contribution is 2.38. The van der Waals surface area contributed by atoms with E-state index in [1.807, 2.05) is 4.90 Å². The van der Waals surface area contributed by atoms with Gasteiger partial charge in [0.1, 0.15) is 12.4 Å². The number of fused-ring (bicyclic) bond motifs is 1. The second-order valence-corrected chi connectivity index (χ2v) is 8.80. The van der Waals surface area contributed by atoms with Crippen LogP contribution in [0.4, 0.5) is 0 Å². The molecule has 1 aromatic rings. The van der Waals surface area contributed by atoms with Crippen molar-refractivity contribution in [3.63, 3.8) is 0 Å². The summed E-state index contributed by atoms with van der Waals surface area (Å²) < 4.78 is 6.20. The van der Waals surface area contributed by atoms with Crippen LogP contribution < -0.4 is 4.74 Å². The number of para-hydroxylation sites is 1. The van der Waals surface area contributed by atoms with Crippen molar-refractivity contribution in [1.29, 1.82) is 0 Å². The summed E-state index contributed by atoms with van der Waals surface area (Å²) in [5.41, 5.74) is 1.71. The fourth-order valence-corrected chi connectivity index (χ4v) is 4.86. The summed E-state index contributed by atoms with van der Waals surface area (Å²) in [4.78, 5) is 16.5. The Morgan fingerprint density at radius 1 is 1.11 bits per heavy atom. The molecule has 0 unspecified atom stereocenters. The van der Waals surface area contributed by atoms with Gasteiger partial charge in [-0.25, -0.2) is 0 Å². The van der Waals surface area contributed by atoms with Gasteiger partial charge in [0.15, 0.2) is 0 Å². The van der Waals surface area contributed by atoms with Gasteiger partial charge >= 0.3 is 0 Å². The molecule has 0 aliphatic carbocycles. The van der Waals surface area contributed by atoms with Crippen molar-refractivity contribution < 1.29 is 9.53 Å². The van der Waals surface area contributed by atoms with Crippen LogP contribution in [0.2, 0.25) is 0 Å². The number of amides is 1. The Morgan fingerprint density at radius 2 is 1.89 bits per heavy atom. The lowest BCUT2D eigenvalue weighted by Crippen LogP contribution is -2.48. The standard InChI is InChI=1S/C24H38N2O2/c1-3-4-15-25-18-19-28-23-11-6-5-9-22(23)10-7-8-12-24(20-25)13-16-26(17-14-24)21(2)27/h5-6,9,11H,3-4,7-8,10,12-20H2,1-2H3. The third kappa shape index (κ3) is 5.73. The topological polar surface area (TPSA) is 32.8 Å². The number of aryl methyl sites for hydroxylation is 1. The van der Waals surface area contributed by atoms with Crippen LogP contribution >= 0.6 is 0 Å². The zero-order chi connectivity index (χ0) is 19.8. The van der Waals surface area contributed by atoms with Crippen molar-refractivity contribution in [3.8, 4) is 5.75 Å². The highest BCUT2D eigenvalue weighted by Gasteiger charge is 2.36. The molecule has 2 aliphatic rings. The van der Waals surface area contributed by atoms with Crippen molar-refractivity contribution in [2.75, 3.05) is 39.3 Å². The number of carbonyl (C=O) groups is 1. The summed E-state index contributed by atoms with van der Waals surface area (Å²) in [6.07, 6.45) is 9.62. The third-order valence-electron chi connectivity index (χ3n) is 6.70. The zero-order valence-corrected chi connectivity index (χ0v) is 17.9. The number of carbonyl (C=O) groups excluding carboxylic acids is 1. The number of likely N-dealkylation sites (tertiary alicyclic amines) is 1. The first-order valence-corrected chi connectivity index (χ1v) is 11.3. The molecule has 0 aromatic heterocycles. The highest BCUT2D eigenvalue weighted by molar-refractivity contribution is 5.73. The molecular formula is C24H38N2O2. The van der Waals surface area contributed by atoms with Crippen molar-refractivity contribution in [3.05, 3.63) is 29.8 Å². The summed E-state index contributed by atoms with van der Waals surface area (Å²) in [5, 5.41) is 0. The summed E-state index contributed by atoms with van der Waals surface area (Å²) >= 11 is 0. The van der Waals surface area contributed by atoms with Crippen molar-refractivity contribution in [2.45, 2.75) is 65.2 Å². The average Bonchev–Trinajstić information content (AvgIpc) is 2.70. The lowest BCUT2D eigenvalue weighted by molar-refractivity contribution is -0.131. The molecule has 4 heteroatoms. The molecule has 1 aromatic carbocycles. The van der Waals surface area contributed by atoms with Gasteiger partial charge in [0, 0.05) is 33.1 Å². The normalized spacial score (nSPS) is 21.3. The summed E-state index contributed by atoms with van der Waals surface area (Å²) in [6, 6.07) is 8.55. The van der Waals surface area contributed by atoms with Crippen LogP contribution in [0.3, 0.4) is 0 Å². The molecule has 1 saturated heterocycles. The molecule has 3 rings (SSSR count). The van der Waals surface area contributed by atoms with Crippen LogP contribution in [-0.4, -0.2) is 55.0 Å². The molecular weight excluding hydrogens is 348 g/mol. The van der Waals surface area contributed by atoms with Crippen LogP contribution in [0.5, 0.6) is 5.75 Å². The zero-order valence-electron chi connectivity index (χ0n) is 17.9. The van der Waals surface area contributed by atoms with E-state index in [1.54, 1.807) is 6.92 Å². The van der Waals surface area contributed by atoms with E-state index in [1.165, 1.54) is 37.7 Å². The quantitative estimate of drug-likeness (QED) is 0.765. The smallest absolute Gasteiger partial charge is 0.219 e. The first-order valence-electron chi connectivity index (χ1n) is 11.3. The van der Waals surface area contributed by atoms with Crippen molar-refractivity contribution >= 4 is 5.91 Å². The van der Waals surface area contributed by atoms with E-state index >= 15 is 0 Å². The maximum atomic E-state index is 11.8. The number of hydrogen-bond acceptors (Lipinski definition) is 3. The van der Waals surface area contributed by atoms with Crippen LogP contribution in [0, 0.1) is 5.41 Å². The number of rotatable bonds is 3. The van der Waals surface area contributed by atoms with Gasteiger partial charge in [-0.2, -0.15) is 0 Å². The third-order valence-corrected chi connectivity index (χ3v) is 6.70. The summed E-state index contributed by atoms with van der Waals surface area (Å²) in [6.45, 7) is 9.89. The molecule has 1 spiro atoms.